The molecule has 2 N–H and O–H groups in total. The summed E-state index contributed by atoms with van der Waals surface area (Å²) in [6.45, 7) is 3.76. The first-order chi connectivity index (χ1) is 6.07. The van der Waals surface area contributed by atoms with E-state index in [1.807, 2.05) is 13.8 Å². The number of ether oxygens (including phenoxy) is 1. The summed E-state index contributed by atoms with van der Waals surface area (Å²) in [4.78, 5) is 11.2. The number of nitrogens with two attached hydrogens (primary N) is 1. The third-order valence-electron chi connectivity index (χ3n) is 1.66. The van der Waals surface area contributed by atoms with E-state index in [4.69, 9.17) is 10.3 Å². The van der Waals surface area contributed by atoms with E-state index in [1.54, 1.807) is 0 Å². The van der Waals surface area contributed by atoms with Crippen molar-refractivity contribution in [1.82, 2.24) is 5.16 Å². The molecular formula is C8H12N2O3. The quantitative estimate of drug-likeness (QED) is 0.698. The maximum Gasteiger partial charge on any atom is 0.345 e. The predicted molar refractivity (Wildman–Crippen MR) is 46.3 cm³/mol. The summed E-state index contributed by atoms with van der Waals surface area (Å²) >= 11 is 0. The van der Waals surface area contributed by atoms with Crippen LogP contribution in [-0.2, 0) is 4.74 Å². The van der Waals surface area contributed by atoms with E-state index >= 15 is 0 Å². The Morgan fingerprint density at radius 3 is 2.69 bits per heavy atom. The monoisotopic (exact) mass is 184 g/mol. The first kappa shape index (κ1) is 9.57. The summed E-state index contributed by atoms with van der Waals surface area (Å²) in [6.07, 6.45) is 0. The Morgan fingerprint density at radius 1 is 1.62 bits per heavy atom. The lowest BCUT2D eigenvalue weighted by Gasteiger charge is -2.01. The SMILES string of the molecule is COC(=O)c1c(N)noc1C(C)C. The highest BCUT2D eigenvalue weighted by molar-refractivity contribution is 5.95. The second-order valence-electron chi connectivity index (χ2n) is 2.95. The number of carbonyl (C=O) groups excluding carboxylic acids is 1. The molecule has 0 bridgehead atoms. The Kier molecular flexibility index (Phi) is 2.55. The van der Waals surface area contributed by atoms with Gasteiger partial charge in [0.05, 0.1) is 7.11 Å². The van der Waals surface area contributed by atoms with Gasteiger partial charge in [-0.05, 0) is 0 Å². The Hall–Kier alpha value is -1.52. The molecule has 0 aliphatic carbocycles. The van der Waals surface area contributed by atoms with Crippen LogP contribution in [0, 0.1) is 0 Å². The van der Waals surface area contributed by atoms with Gasteiger partial charge in [0.25, 0.3) is 0 Å². The molecule has 13 heavy (non-hydrogen) atoms. The smallest absolute Gasteiger partial charge is 0.345 e. The van der Waals surface area contributed by atoms with Gasteiger partial charge in [0.15, 0.2) is 11.6 Å². The minimum absolute atomic E-state index is 0.0545. The fraction of sp³-hybridized carbons (Fsp3) is 0.500. The van der Waals surface area contributed by atoms with Gasteiger partial charge in [-0.15, -0.1) is 0 Å². The molecule has 0 fully saturated rings. The number of hydrogen-bond donors (Lipinski definition) is 1. The maximum atomic E-state index is 11.2. The summed E-state index contributed by atoms with van der Waals surface area (Å²) in [6, 6.07) is 0. The number of rotatable bonds is 2. The summed E-state index contributed by atoms with van der Waals surface area (Å²) < 4.78 is 9.45. The van der Waals surface area contributed by atoms with Gasteiger partial charge in [-0.3, -0.25) is 0 Å². The molecule has 72 valence electrons. The van der Waals surface area contributed by atoms with E-state index in [0.717, 1.165) is 0 Å². The largest absolute Gasteiger partial charge is 0.465 e. The minimum Gasteiger partial charge on any atom is -0.465 e. The molecule has 0 amide bonds. The Morgan fingerprint density at radius 2 is 2.23 bits per heavy atom. The van der Waals surface area contributed by atoms with Crippen molar-refractivity contribution in [2.45, 2.75) is 19.8 Å². The Bertz CT molecular complexity index is 317. The number of hydrogen-bond acceptors (Lipinski definition) is 5. The van der Waals surface area contributed by atoms with Crippen molar-refractivity contribution in [2.24, 2.45) is 0 Å². The van der Waals surface area contributed by atoms with Crippen LogP contribution in [0.5, 0.6) is 0 Å². The van der Waals surface area contributed by atoms with Gasteiger partial charge in [-0.1, -0.05) is 19.0 Å². The third-order valence-corrected chi connectivity index (χ3v) is 1.66. The molecule has 0 aliphatic rings. The predicted octanol–water partition coefficient (Wildman–Crippen LogP) is 1.17. The number of methoxy groups -OCH3 is 1. The highest BCUT2D eigenvalue weighted by Crippen LogP contribution is 2.24. The van der Waals surface area contributed by atoms with Crippen molar-refractivity contribution in [2.75, 3.05) is 12.8 Å². The lowest BCUT2D eigenvalue weighted by Crippen LogP contribution is -2.07. The normalized spacial score (nSPS) is 10.5. The molecule has 0 aromatic carbocycles. The molecule has 0 unspecified atom stereocenters. The van der Waals surface area contributed by atoms with Crippen molar-refractivity contribution in [3.8, 4) is 0 Å². The summed E-state index contributed by atoms with van der Waals surface area (Å²) in [5.74, 6) is 0.0845. The first-order valence-corrected chi connectivity index (χ1v) is 3.91. The molecule has 0 aliphatic heterocycles. The molecule has 1 aromatic heterocycles. The van der Waals surface area contributed by atoms with Crippen molar-refractivity contribution in [3.63, 3.8) is 0 Å². The zero-order chi connectivity index (χ0) is 10.0. The van der Waals surface area contributed by atoms with Gasteiger partial charge in [0, 0.05) is 5.92 Å². The van der Waals surface area contributed by atoms with Crippen molar-refractivity contribution in [3.05, 3.63) is 11.3 Å². The number of nitrogen functional groups attached to an aromatic ring is 1. The van der Waals surface area contributed by atoms with Crippen LogP contribution in [0.1, 0.15) is 35.9 Å². The van der Waals surface area contributed by atoms with Gasteiger partial charge in [0.2, 0.25) is 0 Å². The number of anilines is 1. The van der Waals surface area contributed by atoms with E-state index < -0.39 is 5.97 Å². The highest BCUT2D eigenvalue weighted by atomic mass is 16.5. The van der Waals surface area contributed by atoms with Gasteiger partial charge in [-0.2, -0.15) is 0 Å². The van der Waals surface area contributed by atoms with Gasteiger partial charge in [0.1, 0.15) is 5.56 Å². The second-order valence-corrected chi connectivity index (χ2v) is 2.95. The molecule has 1 heterocycles. The maximum absolute atomic E-state index is 11.2. The number of nitrogens with zero attached hydrogens (tertiary/aromatic N) is 1. The van der Waals surface area contributed by atoms with Crippen LogP contribution >= 0.6 is 0 Å². The summed E-state index contributed by atoms with van der Waals surface area (Å²) in [5.41, 5.74) is 5.68. The lowest BCUT2D eigenvalue weighted by molar-refractivity contribution is 0.0598. The molecular weight excluding hydrogens is 172 g/mol. The van der Waals surface area contributed by atoms with E-state index in [1.165, 1.54) is 7.11 Å². The van der Waals surface area contributed by atoms with Crippen molar-refractivity contribution < 1.29 is 14.1 Å². The van der Waals surface area contributed by atoms with Crippen molar-refractivity contribution in [1.29, 1.82) is 0 Å². The van der Waals surface area contributed by atoms with Crippen LogP contribution in [0.25, 0.3) is 0 Å². The van der Waals surface area contributed by atoms with Crippen LogP contribution in [-0.4, -0.2) is 18.2 Å². The van der Waals surface area contributed by atoms with Crippen molar-refractivity contribution >= 4 is 11.8 Å². The number of carbonyl (C=O) groups is 1. The fourth-order valence-corrected chi connectivity index (χ4v) is 1.02. The van der Waals surface area contributed by atoms with Gasteiger partial charge in [-0.25, -0.2) is 4.79 Å². The second kappa shape index (κ2) is 3.47. The zero-order valence-electron chi connectivity index (χ0n) is 7.83. The highest BCUT2D eigenvalue weighted by Gasteiger charge is 2.23. The van der Waals surface area contributed by atoms with Crippen LogP contribution < -0.4 is 5.73 Å². The Balaban J connectivity index is 3.16. The average molecular weight is 184 g/mol. The van der Waals surface area contributed by atoms with Crippen LogP contribution in [0.3, 0.4) is 0 Å². The van der Waals surface area contributed by atoms with E-state index in [-0.39, 0.29) is 17.3 Å². The van der Waals surface area contributed by atoms with Gasteiger partial charge < -0.3 is 15.0 Å². The molecule has 5 heteroatoms. The van der Waals surface area contributed by atoms with E-state index in [2.05, 4.69) is 9.89 Å². The minimum atomic E-state index is -0.512. The average Bonchev–Trinajstić information content (AvgIpc) is 2.46. The summed E-state index contributed by atoms with van der Waals surface area (Å²) in [7, 11) is 1.29. The lowest BCUT2D eigenvalue weighted by atomic mass is 10.1. The molecule has 0 saturated heterocycles. The molecule has 0 saturated carbocycles. The van der Waals surface area contributed by atoms with Crippen LogP contribution in [0.15, 0.2) is 4.52 Å². The molecule has 0 radical (unpaired) electrons. The third kappa shape index (κ3) is 1.63. The van der Waals surface area contributed by atoms with Crippen LogP contribution in [0.4, 0.5) is 5.82 Å². The van der Waals surface area contributed by atoms with E-state index in [0.29, 0.717) is 5.76 Å². The number of esters is 1. The van der Waals surface area contributed by atoms with Crippen LogP contribution in [0.2, 0.25) is 0 Å². The fourth-order valence-electron chi connectivity index (χ4n) is 1.02. The molecule has 1 aromatic rings. The molecule has 5 nitrogen and oxygen atoms in total. The van der Waals surface area contributed by atoms with E-state index in [9.17, 15) is 4.79 Å². The number of aromatic nitrogens is 1. The Labute approximate surface area is 75.8 Å². The van der Waals surface area contributed by atoms with Gasteiger partial charge >= 0.3 is 5.97 Å². The molecule has 0 spiro atoms. The standard InChI is InChI=1S/C8H12N2O3/c1-4(2)6-5(8(11)12-3)7(9)10-13-6/h4H,1-3H3,(H2,9,10). The molecule has 0 atom stereocenters. The zero-order valence-corrected chi connectivity index (χ0v) is 7.83. The first-order valence-electron chi connectivity index (χ1n) is 3.91. The topological polar surface area (TPSA) is 78.4 Å². The molecule has 1 rings (SSSR count). The summed E-state index contributed by atoms with van der Waals surface area (Å²) in [5, 5.41) is 3.51.